The number of thiazole rings is 1. The van der Waals surface area contributed by atoms with E-state index in [-0.39, 0.29) is 23.9 Å². The Morgan fingerprint density at radius 3 is 2.41 bits per heavy atom. The number of hydrogen-bond donors (Lipinski definition) is 1. The van der Waals surface area contributed by atoms with Crippen LogP contribution in [0.15, 0.2) is 29.6 Å². The quantitative estimate of drug-likeness (QED) is 0.752. The first-order chi connectivity index (χ1) is 12.8. The van der Waals surface area contributed by atoms with E-state index in [4.69, 9.17) is 4.74 Å². The Morgan fingerprint density at radius 1 is 1.19 bits per heavy atom. The smallest absolute Gasteiger partial charge is 0.270 e. The van der Waals surface area contributed by atoms with E-state index in [1.807, 2.05) is 52.0 Å². The van der Waals surface area contributed by atoms with Crippen LogP contribution < -0.4 is 10.1 Å². The Labute approximate surface area is 164 Å². The first-order valence-corrected chi connectivity index (χ1v) is 9.85. The molecule has 0 bridgehead atoms. The zero-order chi connectivity index (χ0) is 20.0. The van der Waals surface area contributed by atoms with Crippen molar-refractivity contribution in [3.63, 3.8) is 0 Å². The number of carbonyl (C=O) groups is 2. The molecule has 1 heterocycles. The van der Waals surface area contributed by atoms with Crippen LogP contribution in [-0.4, -0.2) is 40.9 Å². The van der Waals surface area contributed by atoms with Gasteiger partial charge >= 0.3 is 0 Å². The van der Waals surface area contributed by atoms with E-state index in [0.717, 1.165) is 16.3 Å². The summed E-state index contributed by atoms with van der Waals surface area (Å²) >= 11 is 1.40. The predicted octanol–water partition coefficient (Wildman–Crippen LogP) is 3.27. The molecule has 2 rings (SSSR count). The van der Waals surface area contributed by atoms with Gasteiger partial charge in [-0.3, -0.25) is 9.59 Å². The summed E-state index contributed by atoms with van der Waals surface area (Å²) in [5, 5.41) is 5.31. The number of amides is 2. The summed E-state index contributed by atoms with van der Waals surface area (Å²) in [6.45, 7) is 8.16. The summed E-state index contributed by atoms with van der Waals surface area (Å²) < 4.78 is 5.15. The number of ether oxygens (including phenoxy) is 1. The Morgan fingerprint density at radius 2 is 1.85 bits per heavy atom. The third kappa shape index (κ3) is 6.06. The van der Waals surface area contributed by atoms with Gasteiger partial charge in [0.05, 0.1) is 20.1 Å². The standard InChI is InChI=1S/C20H27N3O3S/c1-13(2)21-20(25)17-12-27-18(22-17)11-23(14(3)4)19(24)10-15-6-8-16(26-5)9-7-15/h6-9,12-14H,10-11H2,1-5H3,(H,21,25). The van der Waals surface area contributed by atoms with E-state index in [1.54, 1.807) is 17.4 Å². The minimum atomic E-state index is -0.187. The molecule has 7 heteroatoms. The highest BCUT2D eigenvalue weighted by Gasteiger charge is 2.20. The number of carbonyl (C=O) groups excluding carboxylic acids is 2. The second kappa shape index (κ2) is 9.50. The Balaban J connectivity index is 2.05. The predicted molar refractivity (Wildman–Crippen MR) is 107 cm³/mol. The zero-order valence-electron chi connectivity index (χ0n) is 16.5. The van der Waals surface area contributed by atoms with Gasteiger partial charge in [-0.25, -0.2) is 4.98 Å². The van der Waals surface area contributed by atoms with E-state index in [2.05, 4.69) is 10.3 Å². The fraction of sp³-hybridized carbons (Fsp3) is 0.450. The van der Waals surface area contributed by atoms with Gasteiger partial charge in [-0.1, -0.05) is 12.1 Å². The van der Waals surface area contributed by atoms with Crippen LogP contribution >= 0.6 is 11.3 Å². The van der Waals surface area contributed by atoms with Crippen molar-refractivity contribution < 1.29 is 14.3 Å². The number of methoxy groups -OCH3 is 1. The molecule has 0 atom stereocenters. The van der Waals surface area contributed by atoms with Crippen LogP contribution in [0.4, 0.5) is 0 Å². The molecule has 0 fully saturated rings. The third-order valence-corrected chi connectivity index (χ3v) is 4.80. The largest absolute Gasteiger partial charge is 0.497 e. The molecule has 1 aromatic heterocycles. The van der Waals surface area contributed by atoms with Crippen LogP contribution in [0.25, 0.3) is 0 Å². The molecule has 0 spiro atoms. The van der Waals surface area contributed by atoms with Crippen LogP contribution in [0.5, 0.6) is 5.75 Å². The molecule has 0 saturated carbocycles. The van der Waals surface area contributed by atoms with Crippen molar-refractivity contribution in [3.8, 4) is 5.75 Å². The maximum absolute atomic E-state index is 12.8. The first-order valence-electron chi connectivity index (χ1n) is 8.97. The molecule has 0 aliphatic rings. The normalized spacial score (nSPS) is 10.9. The first kappa shape index (κ1) is 20.9. The second-order valence-corrected chi connectivity index (χ2v) is 7.84. The van der Waals surface area contributed by atoms with Crippen molar-refractivity contribution in [1.29, 1.82) is 0 Å². The summed E-state index contributed by atoms with van der Waals surface area (Å²) in [6.07, 6.45) is 0.314. The van der Waals surface area contributed by atoms with Gasteiger partial charge in [0.2, 0.25) is 5.91 Å². The monoisotopic (exact) mass is 389 g/mol. The van der Waals surface area contributed by atoms with E-state index in [0.29, 0.717) is 18.7 Å². The van der Waals surface area contributed by atoms with Crippen LogP contribution in [0.2, 0.25) is 0 Å². The fourth-order valence-corrected chi connectivity index (χ4v) is 3.32. The second-order valence-electron chi connectivity index (χ2n) is 6.89. The molecule has 0 unspecified atom stereocenters. The molecule has 2 aromatic rings. The summed E-state index contributed by atoms with van der Waals surface area (Å²) in [7, 11) is 1.62. The maximum Gasteiger partial charge on any atom is 0.270 e. The van der Waals surface area contributed by atoms with Crippen molar-refractivity contribution in [3.05, 3.63) is 45.9 Å². The number of aromatic nitrogens is 1. The van der Waals surface area contributed by atoms with Crippen molar-refractivity contribution in [2.45, 2.75) is 52.7 Å². The Hall–Kier alpha value is -2.41. The third-order valence-electron chi connectivity index (χ3n) is 3.97. The highest BCUT2D eigenvalue weighted by atomic mass is 32.1. The van der Waals surface area contributed by atoms with Crippen LogP contribution in [0, 0.1) is 0 Å². The van der Waals surface area contributed by atoms with Crippen LogP contribution in [-0.2, 0) is 17.8 Å². The molecule has 0 saturated heterocycles. The SMILES string of the molecule is COc1ccc(CC(=O)N(Cc2nc(C(=O)NC(C)C)cs2)C(C)C)cc1. The molecule has 1 aromatic carbocycles. The fourth-order valence-electron chi connectivity index (χ4n) is 2.55. The van der Waals surface area contributed by atoms with Gasteiger partial charge in [-0.05, 0) is 45.4 Å². The lowest BCUT2D eigenvalue weighted by Gasteiger charge is -2.26. The van der Waals surface area contributed by atoms with E-state index < -0.39 is 0 Å². The van der Waals surface area contributed by atoms with Gasteiger partial charge in [0.15, 0.2) is 0 Å². The topological polar surface area (TPSA) is 71.5 Å². The minimum Gasteiger partial charge on any atom is -0.497 e. The van der Waals surface area contributed by atoms with Crippen molar-refractivity contribution >= 4 is 23.2 Å². The molecule has 0 aliphatic carbocycles. The number of nitrogens with one attached hydrogen (secondary N) is 1. The Bertz CT molecular complexity index is 769. The van der Waals surface area contributed by atoms with Crippen LogP contribution in [0.1, 0.15) is 48.8 Å². The highest BCUT2D eigenvalue weighted by Crippen LogP contribution is 2.17. The molecular weight excluding hydrogens is 362 g/mol. The lowest BCUT2D eigenvalue weighted by molar-refractivity contribution is -0.132. The van der Waals surface area contributed by atoms with E-state index in [1.165, 1.54) is 11.3 Å². The summed E-state index contributed by atoms with van der Waals surface area (Å²) in [6, 6.07) is 7.58. The number of hydrogen-bond acceptors (Lipinski definition) is 5. The number of rotatable bonds is 8. The lowest BCUT2D eigenvalue weighted by atomic mass is 10.1. The highest BCUT2D eigenvalue weighted by molar-refractivity contribution is 7.09. The summed E-state index contributed by atoms with van der Waals surface area (Å²) in [4.78, 5) is 31.0. The van der Waals surface area contributed by atoms with Gasteiger partial charge in [0.25, 0.3) is 5.91 Å². The molecule has 146 valence electrons. The number of benzene rings is 1. The Kier molecular flexibility index (Phi) is 7.36. The maximum atomic E-state index is 12.8. The van der Waals surface area contributed by atoms with E-state index >= 15 is 0 Å². The average Bonchev–Trinajstić information content (AvgIpc) is 3.08. The molecule has 0 radical (unpaired) electrons. The molecule has 2 amide bonds. The molecule has 1 N–H and O–H groups in total. The van der Waals surface area contributed by atoms with Crippen molar-refractivity contribution in [2.24, 2.45) is 0 Å². The molecule has 27 heavy (non-hydrogen) atoms. The average molecular weight is 390 g/mol. The van der Waals surface area contributed by atoms with Gasteiger partial charge in [-0.15, -0.1) is 11.3 Å². The van der Waals surface area contributed by atoms with Gasteiger partial charge in [-0.2, -0.15) is 0 Å². The van der Waals surface area contributed by atoms with E-state index in [9.17, 15) is 9.59 Å². The summed E-state index contributed by atoms with van der Waals surface area (Å²) in [5.41, 5.74) is 1.33. The lowest BCUT2D eigenvalue weighted by Crippen LogP contribution is -2.37. The molecule has 6 nitrogen and oxygen atoms in total. The van der Waals surface area contributed by atoms with Crippen LogP contribution in [0.3, 0.4) is 0 Å². The molecule has 0 aliphatic heterocycles. The minimum absolute atomic E-state index is 0.0264. The summed E-state index contributed by atoms with van der Waals surface area (Å²) in [5.74, 6) is 0.605. The van der Waals surface area contributed by atoms with Gasteiger partial charge in [0, 0.05) is 17.5 Å². The molecular formula is C20H27N3O3S. The van der Waals surface area contributed by atoms with Crippen molar-refractivity contribution in [1.82, 2.24) is 15.2 Å². The van der Waals surface area contributed by atoms with Gasteiger partial charge < -0.3 is 15.0 Å². The zero-order valence-corrected chi connectivity index (χ0v) is 17.3. The van der Waals surface area contributed by atoms with Crippen molar-refractivity contribution in [2.75, 3.05) is 7.11 Å². The number of nitrogens with zero attached hydrogens (tertiary/aromatic N) is 2. The van der Waals surface area contributed by atoms with Gasteiger partial charge in [0.1, 0.15) is 16.5 Å².